The maximum Gasteiger partial charge on any atom is 0.261 e. The Morgan fingerprint density at radius 1 is 1.69 bits per heavy atom. The monoisotopic (exact) mass is 236 g/mol. The van der Waals surface area contributed by atoms with Crippen LogP contribution in [0.15, 0.2) is 0 Å². The topological polar surface area (TPSA) is 64.3 Å². The Labute approximate surface area is 93.5 Å². The standard InChI is InChI=1S/C10H18F2N2O2/c1-14-10(9(13)15)4-2-3-7(5-10)16-6-8(11)12/h7-8,14H,2-6H2,1H3,(H2,13,15). The molecule has 1 aliphatic rings. The SMILES string of the molecule is CNC1(C(N)=O)CCCC(OCC(F)F)C1. The first-order chi connectivity index (χ1) is 7.50. The number of hydrogen-bond donors (Lipinski definition) is 2. The quantitative estimate of drug-likeness (QED) is 0.736. The summed E-state index contributed by atoms with van der Waals surface area (Å²) < 4.78 is 29.0. The van der Waals surface area contributed by atoms with E-state index in [2.05, 4.69) is 5.32 Å². The van der Waals surface area contributed by atoms with Crippen molar-refractivity contribution >= 4 is 5.91 Å². The number of carbonyl (C=O) groups excluding carboxylic acids is 1. The summed E-state index contributed by atoms with van der Waals surface area (Å²) >= 11 is 0. The maximum absolute atomic E-state index is 12.0. The molecular weight excluding hydrogens is 218 g/mol. The highest BCUT2D eigenvalue weighted by molar-refractivity contribution is 5.84. The summed E-state index contributed by atoms with van der Waals surface area (Å²) in [6.07, 6.45) is -0.345. The molecule has 94 valence electrons. The average molecular weight is 236 g/mol. The second-order valence-corrected chi connectivity index (χ2v) is 4.14. The van der Waals surface area contributed by atoms with Gasteiger partial charge in [-0.15, -0.1) is 0 Å². The van der Waals surface area contributed by atoms with Gasteiger partial charge in [-0.1, -0.05) is 0 Å². The van der Waals surface area contributed by atoms with Crippen LogP contribution >= 0.6 is 0 Å². The molecule has 0 aromatic heterocycles. The molecule has 0 radical (unpaired) electrons. The molecule has 3 N–H and O–H groups in total. The minimum atomic E-state index is -2.47. The molecule has 2 unspecified atom stereocenters. The molecule has 0 saturated heterocycles. The molecule has 2 atom stereocenters. The molecule has 0 spiro atoms. The number of halogens is 2. The Bertz CT molecular complexity index is 251. The highest BCUT2D eigenvalue weighted by Crippen LogP contribution is 2.30. The van der Waals surface area contributed by atoms with Crippen LogP contribution in [0.1, 0.15) is 25.7 Å². The fraction of sp³-hybridized carbons (Fsp3) is 0.900. The Morgan fingerprint density at radius 3 is 2.88 bits per heavy atom. The predicted octanol–water partition coefficient (Wildman–Crippen LogP) is 0.654. The van der Waals surface area contributed by atoms with Crippen molar-refractivity contribution in [3.8, 4) is 0 Å². The molecular formula is C10H18F2N2O2. The van der Waals surface area contributed by atoms with Gasteiger partial charge in [-0.3, -0.25) is 4.79 Å². The molecule has 1 amide bonds. The summed E-state index contributed by atoms with van der Waals surface area (Å²) in [7, 11) is 1.65. The molecule has 16 heavy (non-hydrogen) atoms. The lowest BCUT2D eigenvalue weighted by Gasteiger charge is -2.38. The van der Waals surface area contributed by atoms with Gasteiger partial charge in [-0.05, 0) is 26.3 Å². The third-order valence-electron chi connectivity index (χ3n) is 3.11. The van der Waals surface area contributed by atoms with Crippen molar-refractivity contribution < 1.29 is 18.3 Å². The van der Waals surface area contributed by atoms with Gasteiger partial charge in [0.2, 0.25) is 5.91 Å². The van der Waals surface area contributed by atoms with Gasteiger partial charge < -0.3 is 15.8 Å². The van der Waals surface area contributed by atoms with E-state index in [1.165, 1.54) is 0 Å². The number of nitrogens with one attached hydrogen (secondary N) is 1. The van der Waals surface area contributed by atoms with E-state index in [0.717, 1.165) is 6.42 Å². The third kappa shape index (κ3) is 3.12. The van der Waals surface area contributed by atoms with Gasteiger partial charge in [-0.25, -0.2) is 8.78 Å². The molecule has 1 fully saturated rings. The zero-order valence-corrected chi connectivity index (χ0v) is 9.34. The lowest BCUT2D eigenvalue weighted by molar-refractivity contribution is -0.129. The highest BCUT2D eigenvalue weighted by atomic mass is 19.3. The Morgan fingerprint density at radius 2 is 2.38 bits per heavy atom. The number of amides is 1. The van der Waals surface area contributed by atoms with Crippen molar-refractivity contribution in [1.29, 1.82) is 0 Å². The van der Waals surface area contributed by atoms with E-state index in [9.17, 15) is 13.6 Å². The zero-order chi connectivity index (χ0) is 12.2. The van der Waals surface area contributed by atoms with E-state index in [-0.39, 0.29) is 6.10 Å². The van der Waals surface area contributed by atoms with Crippen molar-refractivity contribution in [2.75, 3.05) is 13.7 Å². The lowest BCUT2D eigenvalue weighted by atomic mass is 9.79. The Hall–Kier alpha value is -0.750. The van der Waals surface area contributed by atoms with Crippen LogP contribution in [0.25, 0.3) is 0 Å². The molecule has 0 aromatic carbocycles. The summed E-state index contributed by atoms with van der Waals surface area (Å²) in [5.74, 6) is -0.444. The first-order valence-corrected chi connectivity index (χ1v) is 5.39. The van der Waals surface area contributed by atoms with E-state index in [0.29, 0.717) is 19.3 Å². The number of carbonyl (C=O) groups is 1. The van der Waals surface area contributed by atoms with Gasteiger partial charge >= 0.3 is 0 Å². The largest absolute Gasteiger partial charge is 0.372 e. The van der Waals surface area contributed by atoms with E-state index in [1.807, 2.05) is 0 Å². The van der Waals surface area contributed by atoms with Gasteiger partial charge in [0, 0.05) is 6.42 Å². The van der Waals surface area contributed by atoms with Gasteiger partial charge in [0.25, 0.3) is 6.43 Å². The number of hydrogen-bond acceptors (Lipinski definition) is 3. The number of nitrogens with two attached hydrogens (primary N) is 1. The van der Waals surface area contributed by atoms with Gasteiger partial charge in [0.05, 0.1) is 11.6 Å². The molecule has 1 rings (SSSR count). The van der Waals surface area contributed by atoms with E-state index >= 15 is 0 Å². The highest BCUT2D eigenvalue weighted by Gasteiger charge is 2.40. The van der Waals surface area contributed by atoms with E-state index in [4.69, 9.17) is 10.5 Å². The summed E-state index contributed by atoms with van der Waals surface area (Å²) in [6, 6.07) is 0. The number of alkyl halides is 2. The predicted molar refractivity (Wildman–Crippen MR) is 55.2 cm³/mol. The third-order valence-corrected chi connectivity index (χ3v) is 3.11. The minimum absolute atomic E-state index is 0.317. The number of likely N-dealkylation sites (N-methyl/N-ethyl adjacent to an activating group) is 1. The summed E-state index contributed by atoms with van der Waals surface area (Å²) in [5, 5.41) is 2.89. The molecule has 6 heteroatoms. The summed E-state index contributed by atoms with van der Waals surface area (Å²) in [5.41, 5.74) is 4.53. The van der Waals surface area contributed by atoms with Gasteiger partial charge in [0.1, 0.15) is 6.61 Å². The number of primary amides is 1. The maximum atomic E-state index is 12.0. The Balaban J connectivity index is 2.54. The molecule has 1 saturated carbocycles. The Kier molecular flexibility index (Phi) is 4.61. The second-order valence-electron chi connectivity index (χ2n) is 4.14. The van der Waals surface area contributed by atoms with Crippen molar-refractivity contribution in [1.82, 2.24) is 5.32 Å². The van der Waals surface area contributed by atoms with Crippen LogP contribution in [0.4, 0.5) is 8.78 Å². The first-order valence-electron chi connectivity index (χ1n) is 5.39. The van der Waals surface area contributed by atoms with Crippen molar-refractivity contribution in [3.05, 3.63) is 0 Å². The van der Waals surface area contributed by atoms with Crippen LogP contribution in [0.2, 0.25) is 0 Å². The summed E-state index contributed by atoms with van der Waals surface area (Å²) in [4.78, 5) is 11.3. The zero-order valence-electron chi connectivity index (χ0n) is 9.34. The van der Waals surface area contributed by atoms with Crippen LogP contribution in [0.3, 0.4) is 0 Å². The average Bonchev–Trinajstić information content (AvgIpc) is 2.26. The second kappa shape index (κ2) is 5.54. The molecule has 0 aliphatic heterocycles. The van der Waals surface area contributed by atoms with E-state index in [1.54, 1.807) is 7.05 Å². The number of rotatable bonds is 5. The van der Waals surface area contributed by atoms with Crippen molar-refractivity contribution in [2.45, 2.75) is 43.8 Å². The van der Waals surface area contributed by atoms with Crippen molar-refractivity contribution in [3.63, 3.8) is 0 Å². The smallest absolute Gasteiger partial charge is 0.261 e. The molecule has 1 aliphatic carbocycles. The molecule has 0 heterocycles. The minimum Gasteiger partial charge on any atom is -0.372 e. The van der Waals surface area contributed by atoms with Crippen LogP contribution in [0, 0.1) is 0 Å². The van der Waals surface area contributed by atoms with Gasteiger partial charge in [0.15, 0.2) is 0 Å². The van der Waals surface area contributed by atoms with Crippen LogP contribution < -0.4 is 11.1 Å². The molecule has 0 bridgehead atoms. The lowest BCUT2D eigenvalue weighted by Crippen LogP contribution is -2.57. The van der Waals surface area contributed by atoms with E-state index < -0.39 is 24.5 Å². The number of ether oxygens (including phenoxy) is 1. The molecule has 4 nitrogen and oxygen atoms in total. The summed E-state index contributed by atoms with van der Waals surface area (Å²) in [6.45, 7) is -0.580. The van der Waals surface area contributed by atoms with Crippen LogP contribution in [-0.2, 0) is 9.53 Å². The molecule has 0 aromatic rings. The van der Waals surface area contributed by atoms with Crippen LogP contribution in [0.5, 0.6) is 0 Å². The van der Waals surface area contributed by atoms with Crippen LogP contribution in [-0.4, -0.2) is 37.6 Å². The fourth-order valence-corrected chi connectivity index (χ4v) is 2.15. The normalized spacial score (nSPS) is 30.6. The first kappa shape index (κ1) is 13.3. The fourth-order valence-electron chi connectivity index (χ4n) is 2.15. The van der Waals surface area contributed by atoms with Crippen molar-refractivity contribution in [2.24, 2.45) is 5.73 Å². The van der Waals surface area contributed by atoms with Gasteiger partial charge in [-0.2, -0.15) is 0 Å².